The van der Waals surface area contributed by atoms with Crippen LogP contribution in [0.4, 0.5) is 0 Å². The summed E-state index contributed by atoms with van der Waals surface area (Å²) in [6, 6.07) is 6.84. The lowest BCUT2D eigenvalue weighted by Crippen LogP contribution is -2.24. The number of benzene rings is 1. The van der Waals surface area contributed by atoms with Crippen LogP contribution in [0.5, 0.6) is 5.75 Å². The summed E-state index contributed by atoms with van der Waals surface area (Å²) < 4.78 is 0. The molecule has 17 heavy (non-hydrogen) atoms. The van der Waals surface area contributed by atoms with Crippen molar-refractivity contribution in [3.05, 3.63) is 29.8 Å². The maximum atomic E-state index is 11.3. The van der Waals surface area contributed by atoms with Gasteiger partial charge in [0.1, 0.15) is 5.75 Å². The molecule has 0 radical (unpaired) electrons. The summed E-state index contributed by atoms with van der Waals surface area (Å²) in [5.74, 6) is -0.421. The molecule has 1 aliphatic carbocycles. The number of carboxylic acids is 1. The van der Waals surface area contributed by atoms with Gasteiger partial charge in [-0.15, -0.1) is 0 Å². The summed E-state index contributed by atoms with van der Waals surface area (Å²) in [5, 5.41) is 18.5. The highest BCUT2D eigenvalue weighted by molar-refractivity contribution is 5.70. The molecule has 1 aliphatic rings. The van der Waals surface area contributed by atoms with E-state index in [0.29, 0.717) is 12.3 Å². The molecule has 2 rings (SSSR count). The van der Waals surface area contributed by atoms with Crippen LogP contribution >= 0.6 is 0 Å². The number of hydrogen-bond acceptors (Lipinski definition) is 2. The highest BCUT2D eigenvalue weighted by atomic mass is 16.4. The van der Waals surface area contributed by atoms with Gasteiger partial charge in [-0.3, -0.25) is 4.79 Å². The Morgan fingerprint density at radius 3 is 2.35 bits per heavy atom. The Hall–Kier alpha value is -1.51. The van der Waals surface area contributed by atoms with Crippen molar-refractivity contribution in [2.24, 2.45) is 11.8 Å². The van der Waals surface area contributed by atoms with Crippen LogP contribution in [0.3, 0.4) is 0 Å². The number of carboxylic acid groups (broad SMARTS) is 1. The van der Waals surface area contributed by atoms with E-state index >= 15 is 0 Å². The predicted molar refractivity (Wildman–Crippen MR) is 64.9 cm³/mol. The predicted octanol–water partition coefficient (Wildman–Crippen LogP) is 2.83. The minimum atomic E-state index is -0.690. The van der Waals surface area contributed by atoms with Crippen LogP contribution in [0.1, 0.15) is 31.2 Å². The largest absolute Gasteiger partial charge is 0.508 e. The molecule has 0 heterocycles. The molecule has 0 amide bonds. The summed E-state index contributed by atoms with van der Waals surface area (Å²) in [6.07, 6.45) is 4.96. The van der Waals surface area contributed by atoms with Gasteiger partial charge in [-0.1, -0.05) is 25.0 Å². The van der Waals surface area contributed by atoms with Gasteiger partial charge in [-0.2, -0.15) is 0 Å². The van der Waals surface area contributed by atoms with E-state index in [0.717, 1.165) is 31.2 Å². The summed E-state index contributed by atoms with van der Waals surface area (Å²) in [7, 11) is 0. The van der Waals surface area contributed by atoms with Crippen LogP contribution in [-0.4, -0.2) is 16.2 Å². The number of hydrogen-bond donors (Lipinski definition) is 2. The van der Waals surface area contributed by atoms with Gasteiger partial charge in [0.25, 0.3) is 0 Å². The molecular formula is C14H18O3. The number of rotatable bonds is 4. The summed E-state index contributed by atoms with van der Waals surface area (Å²) >= 11 is 0. The van der Waals surface area contributed by atoms with E-state index < -0.39 is 5.97 Å². The standard InChI is InChI=1S/C14H18O3/c15-12-7-5-10(6-8-12)9-13(14(16)17)11-3-1-2-4-11/h5-8,11,13,15H,1-4,9H2,(H,16,17). The zero-order chi connectivity index (χ0) is 12.3. The lowest BCUT2D eigenvalue weighted by Gasteiger charge is -2.19. The smallest absolute Gasteiger partial charge is 0.307 e. The Morgan fingerprint density at radius 2 is 1.82 bits per heavy atom. The van der Waals surface area contributed by atoms with E-state index in [1.54, 1.807) is 24.3 Å². The molecule has 1 fully saturated rings. The molecule has 1 unspecified atom stereocenters. The van der Waals surface area contributed by atoms with Gasteiger partial charge < -0.3 is 10.2 Å². The Labute approximate surface area is 101 Å². The first-order chi connectivity index (χ1) is 8.16. The summed E-state index contributed by atoms with van der Waals surface area (Å²) in [6.45, 7) is 0. The average molecular weight is 234 g/mol. The maximum absolute atomic E-state index is 11.3. The van der Waals surface area contributed by atoms with Crippen LogP contribution in [0.15, 0.2) is 24.3 Å². The molecule has 0 aliphatic heterocycles. The minimum absolute atomic E-state index is 0.224. The van der Waals surface area contributed by atoms with E-state index in [1.807, 2.05) is 0 Å². The van der Waals surface area contributed by atoms with Crippen molar-refractivity contribution in [3.8, 4) is 5.75 Å². The maximum Gasteiger partial charge on any atom is 0.307 e. The molecule has 3 nitrogen and oxygen atoms in total. The van der Waals surface area contributed by atoms with E-state index in [1.165, 1.54) is 0 Å². The zero-order valence-corrected chi connectivity index (χ0v) is 9.80. The van der Waals surface area contributed by atoms with E-state index in [2.05, 4.69) is 0 Å². The van der Waals surface area contributed by atoms with Crippen LogP contribution in [-0.2, 0) is 11.2 Å². The third kappa shape index (κ3) is 2.99. The van der Waals surface area contributed by atoms with Crippen LogP contribution in [0.25, 0.3) is 0 Å². The Kier molecular flexibility index (Phi) is 3.67. The lowest BCUT2D eigenvalue weighted by molar-refractivity contribution is -0.143. The first kappa shape index (κ1) is 12.0. The monoisotopic (exact) mass is 234 g/mol. The molecule has 92 valence electrons. The van der Waals surface area contributed by atoms with E-state index in [-0.39, 0.29) is 11.7 Å². The van der Waals surface area contributed by atoms with Crippen LogP contribution in [0, 0.1) is 11.8 Å². The Bertz CT molecular complexity index is 377. The van der Waals surface area contributed by atoms with Gasteiger partial charge in [0, 0.05) is 0 Å². The van der Waals surface area contributed by atoms with Crippen molar-refractivity contribution in [1.29, 1.82) is 0 Å². The molecule has 3 heteroatoms. The molecule has 0 spiro atoms. The van der Waals surface area contributed by atoms with Crippen LogP contribution < -0.4 is 0 Å². The number of aliphatic carboxylic acids is 1. The molecule has 0 bridgehead atoms. The quantitative estimate of drug-likeness (QED) is 0.842. The van der Waals surface area contributed by atoms with Crippen molar-refractivity contribution < 1.29 is 15.0 Å². The summed E-state index contributed by atoms with van der Waals surface area (Å²) in [4.78, 5) is 11.3. The van der Waals surface area contributed by atoms with E-state index in [9.17, 15) is 15.0 Å². The SMILES string of the molecule is O=C(O)C(Cc1ccc(O)cc1)C1CCCC1. The minimum Gasteiger partial charge on any atom is -0.508 e. The fourth-order valence-electron chi connectivity index (χ4n) is 2.70. The second kappa shape index (κ2) is 5.21. The van der Waals surface area contributed by atoms with Gasteiger partial charge in [0.2, 0.25) is 0 Å². The highest BCUT2D eigenvalue weighted by Crippen LogP contribution is 2.33. The number of phenolic OH excluding ortho intramolecular Hbond substituents is 1. The van der Waals surface area contributed by atoms with Gasteiger partial charge in [-0.05, 0) is 42.9 Å². The lowest BCUT2D eigenvalue weighted by atomic mass is 9.86. The zero-order valence-electron chi connectivity index (χ0n) is 9.80. The third-order valence-corrected chi connectivity index (χ3v) is 3.68. The molecule has 1 atom stereocenters. The van der Waals surface area contributed by atoms with Crippen molar-refractivity contribution in [2.75, 3.05) is 0 Å². The Balaban J connectivity index is 2.06. The van der Waals surface area contributed by atoms with E-state index in [4.69, 9.17) is 0 Å². The van der Waals surface area contributed by atoms with Gasteiger partial charge in [-0.25, -0.2) is 0 Å². The highest BCUT2D eigenvalue weighted by Gasteiger charge is 2.30. The van der Waals surface area contributed by atoms with Gasteiger partial charge in [0.05, 0.1) is 5.92 Å². The van der Waals surface area contributed by atoms with Crippen molar-refractivity contribution in [2.45, 2.75) is 32.1 Å². The van der Waals surface area contributed by atoms with Gasteiger partial charge >= 0.3 is 5.97 Å². The first-order valence-corrected chi connectivity index (χ1v) is 6.17. The Morgan fingerprint density at radius 1 is 1.24 bits per heavy atom. The fourth-order valence-corrected chi connectivity index (χ4v) is 2.70. The van der Waals surface area contributed by atoms with Crippen molar-refractivity contribution in [3.63, 3.8) is 0 Å². The molecule has 1 aromatic carbocycles. The average Bonchev–Trinajstić information content (AvgIpc) is 2.81. The summed E-state index contributed by atoms with van der Waals surface area (Å²) in [5.41, 5.74) is 0.988. The van der Waals surface area contributed by atoms with Crippen molar-refractivity contribution >= 4 is 5.97 Å². The second-order valence-corrected chi connectivity index (χ2v) is 4.86. The van der Waals surface area contributed by atoms with Gasteiger partial charge in [0.15, 0.2) is 0 Å². The molecule has 1 saturated carbocycles. The first-order valence-electron chi connectivity index (χ1n) is 6.17. The molecule has 0 aromatic heterocycles. The third-order valence-electron chi connectivity index (χ3n) is 3.68. The van der Waals surface area contributed by atoms with Crippen LogP contribution in [0.2, 0.25) is 0 Å². The molecule has 1 aromatic rings. The fraction of sp³-hybridized carbons (Fsp3) is 0.500. The number of aromatic hydroxyl groups is 1. The topological polar surface area (TPSA) is 57.5 Å². The molecule has 0 saturated heterocycles. The second-order valence-electron chi connectivity index (χ2n) is 4.86. The molecule has 2 N–H and O–H groups in total. The number of carbonyl (C=O) groups is 1. The number of phenols is 1. The normalized spacial score (nSPS) is 18.1. The molecular weight excluding hydrogens is 216 g/mol. The van der Waals surface area contributed by atoms with Crippen molar-refractivity contribution in [1.82, 2.24) is 0 Å².